The Kier molecular flexibility index (Phi) is 4.09. The average molecular weight is 345 g/mol. The summed E-state index contributed by atoms with van der Waals surface area (Å²) >= 11 is 1.36. The highest BCUT2D eigenvalue weighted by atomic mass is 32.1. The summed E-state index contributed by atoms with van der Waals surface area (Å²) < 4.78 is 19.2. The molecule has 0 bridgehead atoms. The molecule has 1 N–H and O–H groups in total. The zero-order chi connectivity index (χ0) is 16.5. The Morgan fingerprint density at radius 1 is 1.33 bits per heavy atom. The Morgan fingerprint density at radius 2 is 2.21 bits per heavy atom. The molecule has 0 amide bonds. The maximum absolute atomic E-state index is 13.9. The summed E-state index contributed by atoms with van der Waals surface area (Å²) in [6.07, 6.45) is 0. The Hall–Kier alpha value is -2.16. The number of halogens is 1. The van der Waals surface area contributed by atoms with Crippen molar-refractivity contribution in [3.8, 4) is 22.2 Å². The van der Waals surface area contributed by atoms with E-state index in [0.29, 0.717) is 28.0 Å². The van der Waals surface area contributed by atoms with Gasteiger partial charge < -0.3 is 9.84 Å². The van der Waals surface area contributed by atoms with E-state index in [-0.39, 0.29) is 11.9 Å². The maximum atomic E-state index is 13.9. The molecule has 6 nitrogen and oxygen atoms in total. The van der Waals surface area contributed by atoms with Crippen LogP contribution in [-0.2, 0) is 0 Å². The first kappa shape index (κ1) is 15.4. The van der Waals surface area contributed by atoms with E-state index in [9.17, 15) is 4.39 Å². The minimum Gasteiger partial charge on any atom is -0.332 e. The van der Waals surface area contributed by atoms with E-state index in [4.69, 9.17) is 4.52 Å². The Balaban J connectivity index is 1.60. The Labute approximate surface area is 142 Å². The summed E-state index contributed by atoms with van der Waals surface area (Å²) in [5.74, 6) is 0.711. The number of thiazole rings is 1. The van der Waals surface area contributed by atoms with Crippen molar-refractivity contribution in [1.82, 2.24) is 25.3 Å². The van der Waals surface area contributed by atoms with Gasteiger partial charge in [-0.05, 0) is 19.2 Å². The van der Waals surface area contributed by atoms with Crippen molar-refractivity contribution in [1.29, 1.82) is 0 Å². The van der Waals surface area contributed by atoms with Crippen LogP contribution in [0.5, 0.6) is 0 Å². The van der Waals surface area contributed by atoms with Gasteiger partial charge in [0.05, 0.1) is 6.04 Å². The topological polar surface area (TPSA) is 67.1 Å². The quantitative estimate of drug-likeness (QED) is 0.787. The van der Waals surface area contributed by atoms with E-state index in [0.717, 1.165) is 19.6 Å². The van der Waals surface area contributed by atoms with Crippen molar-refractivity contribution in [2.45, 2.75) is 6.04 Å². The number of hydrogen-bond acceptors (Lipinski definition) is 7. The number of aromatic nitrogens is 3. The second-order valence-corrected chi connectivity index (χ2v) is 6.53. The highest BCUT2D eigenvalue weighted by molar-refractivity contribution is 7.13. The first-order valence-corrected chi connectivity index (χ1v) is 8.55. The minimum atomic E-state index is -0.292. The fourth-order valence-electron chi connectivity index (χ4n) is 2.70. The van der Waals surface area contributed by atoms with Crippen LogP contribution in [0.4, 0.5) is 4.39 Å². The van der Waals surface area contributed by atoms with Crippen LogP contribution in [0.25, 0.3) is 22.2 Å². The summed E-state index contributed by atoms with van der Waals surface area (Å²) in [6, 6.07) is 6.66. The monoisotopic (exact) mass is 345 g/mol. The van der Waals surface area contributed by atoms with Gasteiger partial charge >= 0.3 is 0 Å². The molecule has 3 aromatic rings. The molecule has 3 heterocycles. The van der Waals surface area contributed by atoms with E-state index in [1.54, 1.807) is 18.2 Å². The minimum absolute atomic E-state index is 0.0842. The molecule has 24 heavy (non-hydrogen) atoms. The van der Waals surface area contributed by atoms with Gasteiger partial charge in [-0.1, -0.05) is 17.3 Å². The Bertz CT molecular complexity index is 848. The third kappa shape index (κ3) is 2.83. The molecule has 0 radical (unpaired) electrons. The second kappa shape index (κ2) is 6.39. The molecule has 4 rings (SSSR count). The molecule has 1 fully saturated rings. The van der Waals surface area contributed by atoms with Crippen molar-refractivity contribution >= 4 is 11.3 Å². The van der Waals surface area contributed by atoms with E-state index in [2.05, 4.69) is 25.3 Å². The van der Waals surface area contributed by atoms with Crippen molar-refractivity contribution in [3.05, 3.63) is 41.3 Å². The predicted octanol–water partition coefficient (Wildman–Crippen LogP) is 2.58. The second-order valence-electron chi connectivity index (χ2n) is 5.68. The van der Waals surface area contributed by atoms with Gasteiger partial charge in [-0.25, -0.2) is 9.37 Å². The van der Waals surface area contributed by atoms with Crippen molar-refractivity contribution in [2.24, 2.45) is 0 Å². The maximum Gasteiger partial charge on any atom is 0.277 e. The SMILES string of the molecule is CN1CCNCC1c1noc(-c2csc(-c3ccccc3F)n2)n1. The van der Waals surface area contributed by atoms with Gasteiger partial charge in [0.15, 0.2) is 5.82 Å². The van der Waals surface area contributed by atoms with Gasteiger partial charge in [0.2, 0.25) is 0 Å². The number of rotatable bonds is 3. The number of nitrogens with zero attached hydrogens (tertiary/aromatic N) is 4. The standard InChI is InChI=1S/C16H16FN5OS/c1-22-7-6-18-8-13(22)14-20-15(23-21-14)12-9-24-16(19-12)10-4-2-3-5-11(10)17/h2-5,9,13,18H,6-8H2,1H3. The van der Waals surface area contributed by atoms with E-state index in [1.165, 1.54) is 17.4 Å². The van der Waals surface area contributed by atoms with Crippen LogP contribution in [0.2, 0.25) is 0 Å². The van der Waals surface area contributed by atoms with E-state index >= 15 is 0 Å². The van der Waals surface area contributed by atoms with Crippen LogP contribution in [0.15, 0.2) is 34.2 Å². The molecular weight excluding hydrogens is 329 g/mol. The average Bonchev–Trinajstić information content (AvgIpc) is 3.25. The largest absolute Gasteiger partial charge is 0.332 e. The first-order chi connectivity index (χ1) is 11.7. The van der Waals surface area contributed by atoms with Crippen LogP contribution in [0.3, 0.4) is 0 Å². The fraction of sp³-hybridized carbons (Fsp3) is 0.312. The highest BCUT2D eigenvalue weighted by Crippen LogP contribution is 2.30. The molecule has 0 saturated carbocycles. The van der Waals surface area contributed by atoms with Gasteiger partial charge in [0, 0.05) is 30.6 Å². The van der Waals surface area contributed by atoms with Gasteiger partial charge in [-0.2, -0.15) is 4.98 Å². The van der Waals surface area contributed by atoms with Gasteiger partial charge in [-0.15, -0.1) is 11.3 Å². The van der Waals surface area contributed by atoms with Crippen LogP contribution in [0.1, 0.15) is 11.9 Å². The zero-order valence-corrected chi connectivity index (χ0v) is 13.9. The lowest BCUT2D eigenvalue weighted by molar-refractivity contribution is 0.190. The molecule has 0 aliphatic carbocycles. The molecule has 1 saturated heterocycles. The molecule has 8 heteroatoms. The summed E-state index contributed by atoms with van der Waals surface area (Å²) in [4.78, 5) is 11.1. The van der Waals surface area contributed by atoms with Crippen molar-refractivity contribution in [2.75, 3.05) is 26.7 Å². The molecule has 1 unspecified atom stereocenters. The lowest BCUT2D eigenvalue weighted by atomic mass is 10.2. The molecule has 1 aliphatic rings. The van der Waals surface area contributed by atoms with Gasteiger partial charge in [0.25, 0.3) is 5.89 Å². The molecule has 2 aromatic heterocycles. The van der Waals surface area contributed by atoms with Crippen LogP contribution in [0, 0.1) is 5.82 Å². The lowest BCUT2D eigenvalue weighted by Gasteiger charge is -2.30. The van der Waals surface area contributed by atoms with Crippen LogP contribution >= 0.6 is 11.3 Å². The smallest absolute Gasteiger partial charge is 0.277 e. The first-order valence-electron chi connectivity index (χ1n) is 7.68. The third-order valence-electron chi connectivity index (χ3n) is 4.08. The molecule has 1 aromatic carbocycles. The van der Waals surface area contributed by atoms with Crippen LogP contribution in [-0.4, -0.2) is 46.7 Å². The van der Waals surface area contributed by atoms with Gasteiger partial charge in [0.1, 0.15) is 16.5 Å². The zero-order valence-electron chi connectivity index (χ0n) is 13.1. The van der Waals surface area contributed by atoms with E-state index < -0.39 is 0 Å². The number of hydrogen-bond donors (Lipinski definition) is 1. The normalized spacial score (nSPS) is 18.8. The predicted molar refractivity (Wildman–Crippen MR) is 89.0 cm³/mol. The third-order valence-corrected chi connectivity index (χ3v) is 4.95. The molecule has 1 atom stereocenters. The summed E-state index contributed by atoms with van der Waals surface area (Å²) in [6.45, 7) is 2.67. The number of piperazine rings is 1. The molecule has 124 valence electrons. The molecule has 1 aliphatic heterocycles. The highest BCUT2D eigenvalue weighted by Gasteiger charge is 2.26. The molecule has 0 spiro atoms. The summed E-state index contributed by atoms with van der Waals surface area (Å²) in [5.41, 5.74) is 1.05. The van der Waals surface area contributed by atoms with Crippen molar-refractivity contribution in [3.63, 3.8) is 0 Å². The van der Waals surface area contributed by atoms with Crippen molar-refractivity contribution < 1.29 is 8.91 Å². The number of benzene rings is 1. The lowest BCUT2D eigenvalue weighted by Crippen LogP contribution is -2.44. The number of likely N-dealkylation sites (N-methyl/N-ethyl adjacent to an activating group) is 1. The number of nitrogens with one attached hydrogen (secondary N) is 1. The summed E-state index contributed by atoms with van der Waals surface area (Å²) in [7, 11) is 2.04. The summed E-state index contributed by atoms with van der Waals surface area (Å²) in [5, 5.41) is 9.82. The van der Waals surface area contributed by atoms with Crippen LogP contribution < -0.4 is 5.32 Å². The van der Waals surface area contributed by atoms with Gasteiger partial charge in [-0.3, -0.25) is 4.90 Å². The molecular formula is C16H16FN5OS. The van der Waals surface area contributed by atoms with E-state index in [1.807, 2.05) is 12.4 Å². The fourth-order valence-corrected chi connectivity index (χ4v) is 3.52. The Morgan fingerprint density at radius 3 is 3.04 bits per heavy atom.